The highest BCUT2D eigenvalue weighted by molar-refractivity contribution is 5.88. The van der Waals surface area contributed by atoms with E-state index in [2.05, 4.69) is 15.3 Å². The van der Waals surface area contributed by atoms with Gasteiger partial charge in [-0.15, -0.1) is 0 Å². The van der Waals surface area contributed by atoms with Crippen LogP contribution in [0.4, 0.5) is 10.1 Å². The van der Waals surface area contributed by atoms with Gasteiger partial charge in [0.05, 0.1) is 29.8 Å². The average Bonchev–Trinajstić information content (AvgIpc) is 2.80. The molecule has 5 nitrogen and oxygen atoms in total. The number of H-pyrrole nitrogens is 1. The molecule has 17 heavy (non-hydrogen) atoms. The smallest absolute Gasteiger partial charge is 0.335 e. The fraction of sp³-hybridized carbons (Fsp3) is 0.0909. The summed E-state index contributed by atoms with van der Waals surface area (Å²) >= 11 is 0. The van der Waals surface area contributed by atoms with Gasteiger partial charge in [-0.2, -0.15) is 0 Å². The van der Waals surface area contributed by atoms with E-state index in [1.54, 1.807) is 6.20 Å². The van der Waals surface area contributed by atoms with Crippen molar-refractivity contribution in [1.82, 2.24) is 9.97 Å². The number of halogens is 1. The fourth-order valence-electron chi connectivity index (χ4n) is 1.37. The van der Waals surface area contributed by atoms with Gasteiger partial charge in [0.15, 0.2) is 0 Å². The van der Waals surface area contributed by atoms with Crippen LogP contribution < -0.4 is 5.32 Å². The van der Waals surface area contributed by atoms with Gasteiger partial charge in [-0.3, -0.25) is 0 Å². The largest absolute Gasteiger partial charge is 0.478 e. The standard InChI is InChI=1S/C11H10FN3O2/c12-9-2-1-7(11(16)17)3-10(9)14-5-8-4-13-6-15-8/h1-4,6,14H,5H2,(H,13,15)(H,16,17). The maximum atomic E-state index is 13.4. The molecule has 2 aromatic rings. The van der Waals surface area contributed by atoms with Crippen molar-refractivity contribution in [2.75, 3.05) is 5.32 Å². The summed E-state index contributed by atoms with van der Waals surface area (Å²) in [6.07, 6.45) is 3.12. The van der Waals surface area contributed by atoms with Crippen molar-refractivity contribution in [2.24, 2.45) is 0 Å². The molecule has 88 valence electrons. The molecule has 1 aromatic carbocycles. The van der Waals surface area contributed by atoms with Crippen LogP contribution in [0.3, 0.4) is 0 Å². The Balaban J connectivity index is 2.14. The van der Waals surface area contributed by atoms with Crippen molar-refractivity contribution in [3.8, 4) is 0 Å². The fourth-order valence-corrected chi connectivity index (χ4v) is 1.37. The number of hydrogen-bond donors (Lipinski definition) is 3. The molecule has 1 aromatic heterocycles. The van der Waals surface area contributed by atoms with E-state index in [0.29, 0.717) is 6.54 Å². The second-order valence-corrected chi connectivity index (χ2v) is 3.43. The Kier molecular flexibility index (Phi) is 3.04. The molecule has 0 saturated heterocycles. The predicted octanol–water partition coefficient (Wildman–Crippen LogP) is 1.86. The summed E-state index contributed by atoms with van der Waals surface area (Å²) in [7, 11) is 0. The van der Waals surface area contributed by atoms with E-state index >= 15 is 0 Å². The van der Waals surface area contributed by atoms with E-state index in [1.807, 2.05) is 0 Å². The van der Waals surface area contributed by atoms with Gasteiger partial charge in [-0.05, 0) is 18.2 Å². The number of rotatable bonds is 4. The Bertz CT molecular complexity index is 526. The zero-order valence-electron chi connectivity index (χ0n) is 8.77. The first-order valence-electron chi connectivity index (χ1n) is 4.91. The molecule has 0 aliphatic rings. The van der Waals surface area contributed by atoms with Crippen molar-refractivity contribution in [3.63, 3.8) is 0 Å². The SMILES string of the molecule is O=C(O)c1ccc(F)c(NCc2cnc[nH]2)c1. The first kappa shape index (κ1) is 11.1. The third-order valence-corrected chi connectivity index (χ3v) is 2.24. The summed E-state index contributed by atoms with van der Waals surface area (Å²) in [5.41, 5.74) is 0.975. The number of carbonyl (C=O) groups is 1. The highest BCUT2D eigenvalue weighted by atomic mass is 19.1. The van der Waals surface area contributed by atoms with Crippen LogP contribution in [0.2, 0.25) is 0 Å². The normalized spacial score (nSPS) is 10.2. The zero-order valence-corrected chi connectivity index (χ0v) is 8.77. The minimum Gasteiger partial charge on any atom is -0.478 e. The molecule has 6 heteroatoms. The lowest BCUT2D eigenvalue weighted by atomic mass is 10.2. The van der Waals surface area contributed by atoms with Gasteiger partial charge in [0.2, 0.25) is 0 Å². The molecular weight excluding hydrogens is 225 g/mol. The summed E-state index contributed by atoms with van der Waals surface area (Å²) in [5, 5.41) is 11.6. The van der Waals surface area contributed by atoms with E-state index in [-0.39, 0.29) is 11.3 Å². The van der Waals surface area contributed by atoms with Crippen LogP contribution in [-0.2, 0) is 6.54 Å². The summed E-state index contributed by atoms with van der Waals surface area (Å²) in [4.78, 5) is 17.4. The van der Waals surface area contributed by atoms with Crippen LogP contribution in [0.25, 0.3) is 0 Å². The lowest BCUT2D eigenvalue weighted by Gasteiger charge is -2.07. The molecular formula is C11H10FN3O2. The lowest BCUT2D eigenvalue weighted by Crippen LogP contribution is -2.04. The molecule has 0 aliphatic heterocycles. The van der Waals surface area contributed by atoms with Crippen LogP contribution >= 0.6 is 0 Å². The maximum absolute atomic E-state index is 13.4. The summed E-state index contributed by atoms with van der Waals surface area (Å²) < 4.78 is 13.4. The van der Waals surface area contributed by atoms with Gasteiger partial charge in [0, 0.05) is 6.20 Å². The zero-order chi connectivity index (χ0) is 12.3. The van der Waals surface area contributed by atoms with Crippen LogP contribution in [0.5, 0.6) is 0 Å². The molecule has 0 unspecified atom stereocenters. The molecule has 0 bridgehead atoms. The summed E-state index contributed by atoms with van der Waals surface area (Å²) in [6.45, 7) is 0.347. The number of aromatic carboxylic acids is 1. The number of hydrogen-bond acceptors (Lipinski definition) is 3. The Hall–Kier alpha value is -2.37. The molecule has 0 fully saturated rings. The molecule has 3 N–H and O–H groups in total. The second-order valence-electron chi connectivity index (χ2n) is 3.43. The van der Waals surface area contributed by atoms with Crippen molar-refractivity contribution in [1.29, 1.82) is 0 Å². The van der Waals surface area contributed by atoms with Crippen LogP contribution in [0.1, 0.15) is 16.1 Å². The Morgan fingerprint density at radius 3 is 3.00 bits per heavy atom. The van der Waals surface area contributed by atoms with Crippen molar-refractivity contribution >= 4 is 11.7 Å². The van der Waals surface area contributed by atoms with E-state index < -0.39 is 11.8 Å². The Morgan fingerprint density at radius 1 is 1.53 bits per heavy atom. The van der Waals surface area contributed by atoms with E-state index in [0.717, 1.165) is 11.8 Å². The number of carboxylic acid groups (broad SMARTS) is 1. The minimum absolute atomic E-state index is 0.0403. The number of imidazole rings is 1. The third-order valence-electron chi connectivity index (χ3n) is 2.24. The number of anilines is 1. The van der Waals surface area contributed by atoms with E-state index in [1.165, 1.54) is 18.5 Å². The van der Waals surface area contributed by atoms with Crippen molar-refractivity contribution < 1.29 is 14.3 Å². The van der Waals surface area contributed by atoms with Crippen LogP contribution in [-0.4, -0.2) is 21.0 Å². The number of aromatic nitrogens is 2. The van der Waals surface area contributed by atoms with Crippen molar-refractivity contribution in [3.05, 3.63) is 47.8 Å². The predicted molar refractivity (Wildman–Crippen MR) is 59.3 cm³/mol. The summed E-state index contributed by atoms with van der Waals surface area (Å²) in [5.74, 6) is -1.58. The monoisotopic (exact) mass is 235 g/mol. The lowest BCUT2D eigenvalue weighted by molar-refractivity contribution is 0.0697. The molecule has 0 spiro atoms. The maximum Gasteiger partial charge on any atom is 0.335 e. The van der Waals surface area contributed by atoms with Crippen molar-refractivity contribution in [2.45, 2.75) is 6.54 Å². The summed E-state index contributed by atoms with van der Waals surface area (Å²) in [6, 6.07) is 3.60. The molecule has 2 rings (SSSR count). The minimum atomic E-state index is -1.09. The van der Waals surface area contributed by atoms with Gasteiger partial charge in [0.1, 0.15) is 5.82 Å². The number of carboxylic acids is 1. The molecule has 0 radical (unpaired) electrons. The first-order chi connectivity index (χ1) is 8.16. The Labute approximate surface area is 96.3 Å². The Morgan fingerprint density at radius 2 is 2.35 bits per heavy atom. The van der Waals surface area contributed by atoms with E-state index in [9.17, 15) is 9.18 Å². The average molecular weight is 235 g/mol. The second kappa shape index (κ2) is 4.65. The number of benzene rings is 1. The van der Waals surface area contributed by atoms with Crippen LogP contribution in [0.15, 0.2) is 30.7 Å². The van der Waals surface area contributed by atoms with Gasteiger partial charge >= 0.3 is 5.97 Å². The molecule has 0 amide bonds. The molecule has 0 aliphatic carbocycles. The number of aromatic amines is 1. The van der Waals surface area contributed by atoms with Gasteiger partial charge in [-0.25, -0.2) is 14.2 Å². The van der Waals surface area contributed by atoms with Gasteiger partial charge in [-0.1, -0.05) is 0 Å². The highest BCUT2D eigenvalue weighted by Gasteiger charge is 2.08. The molecule has 0 atom stereocenters. The quantitative estimate of drug-likeness (QED) is 0.755. The number of nitrogens with one attached hydrogen (secondary N) is 2. The highest BCUT2D eigenvalue weighted by Crippen LogP contribution is 2.16. The molecule has 0 saturated carbocycles. The van der Waals surface area contributed by atoms with E-state index in [4.69, 9.17) is 5.11 Å². The number of nitrogens with zero attached hydrogens (tertiary/aromatic N) is 1. The van der Waals surface area contributed by atoms with Gasteiger partial charge in [0.25, 0.3) is 0 Å². The topological polar surface area (TPSA) is 78.0 Å². The first-order valence-corrected chi connectivity index (χ1v) is 4.91. The van der Waals surface area contributed by atoms with Crippen LogP contribution in [0, 0.1) is 5.82 Å². The van der Waals surface area contributed by atoms with Gasteiger partial charge < -0.3 is 15.4 Å². The molecule has 1 heterocycles. The third kappa shape index (κ3) is 2.60.